The Kier molecular flexibility index (Phi) is 4.56. The van der Waals surface area contributed by atoms with Crippen LogP contribution in [0.5, 0.6) is 0 Å². The predicted octanol–water partition coefficient (Wildman–Crippen LogP) is 2.03. The Bertz CT molecular complexity index is 822. The molecule has 3 rings (SSSR count). The van der Waals surface area contributed by atoms with Crippen LogP contribution in [0.1, 0.15) is 23.7 Å². The monoisotopic (exact) mass is 346 g/mol. The van der Waals surface area contributed by atoms with Crippen LogP contribution < -0.4 is 4.90 Å². The summed E-state index contributed by atoms with van der Waals surface area (Å²) in [5, 5.41) is 0. The first-order valence-corrected chi connectivity index (χ1v) is 9.38. The van der Waals surface area contributed by atoms with Gasteiger partial charge in [-0.15, -0.1) is 0 Å². The number of rotatable bonds is 4. The minimum Gasteiger partial charge on any atom is -0.378 e. The number of pyridine rings is 2. The van der Waals surface area contributed by atoms with Gasteiger partial charge in [0.2, 0.25) is 10.0 Å². The third-order valence-corrected chi connectivity index (χ3v) is 6.16. The van der Waals surface area contributed by atoms with Crippen molar-refractivity contribution in [2.24, 2.45) is 0 Å². The zero-order valence-corrected chi connectivity index (χ0v) is 15.0. The van der Waals surface area contributed by atoms with E-state index in [9.17, 15) is 8.42 Å². The predicted molar refractivity (Wildman–Crippen MR) is 93.7 cm³/mol. The van der Waals surface area contributed by atoms with Gasteiger partial charge < -0.3 is 4.90 Å². The molecule has 0 N–H and O–H groups in total. The molecule has 0 aliphatic carbocycles. The Morgan fingerprint density at radius 2 is 2.08 bits per heavy atom. The van der Waals surface area contributed by atoms with Gasteiger partial charge in [0, 0.05) is 62.6 Å². The fourth-order valence-corrected chi connectivity index (χ4v) is 4.44. The van der Waals surface area contributed by atoms with Crippen LogP contribution >= 0.6 is 0 Å². The van der Waals surface area contributed by atoms with Gasteiger partial charge in [-0.3, -0.25) is 9.97 Å². The molecular formula is C17H22N4O2S. The Morgan fingerprint density at radius 1 is 1.29 bits per heavy atom. The third-order valence-electron chi connectivity index (χ3n) is 4.32. The van der Waals surface area contributed by atoms with E-state index in [4.69, 9.17) is 0 Å². The molecule has 0 radical (unpaired) electrons. The first-order valence-electron chi connectivity index (χ1n) is 7.94. The van der Waals surface area contributed by atoms with E-state index in [0.717, 1.165) is 23.5 Å². The molecule has 1 aliphatic rings. The number of aryl methyl sites for hydroxylation is 1. The van der Waals surface area contributed by atoms with E-state index >= 15 is 0 Å². The van der Waals surface area contributed by atoms with E-state index in [0.29, 0.717) is 13.1 Å². The van der Waals surface area contributed by atoms with Gasteiger partial charge in [0.05, 0.1) is 0 Å². The highest BCUT2D eigenvalue weighted by Crippen LogP contribution is 2.31. The maximum atomic E-state index is 12.7. The highest BCUT2D eigenvalue weighted by atomic mass is 32.2. The molecule has 1 atom stereocenters. The van der Waals surface area contributed by atoms with Crippen molar-refractivity contribution in [3.8, 4) is 0 Å². The molecule has 0 unspecified atom stereocenters. The summed E-state index contributed by atoms with van der Waals surface area (Å²) in [5.74, 6) is 0.120. The van der Waals surface area contributed by atoms with E-state index in [1.807, 2.05) is 32.0 Å². The Morgan fingerprint density at radius 3 is 2.75 bits per heavy atom. The molecule has 0 amide bonds. The Labute approximate surface area is 143 Å². The van der Waals surface area contributed by atoms with Gasteiger partial charge in [-0.05, 0) is 37.6 Å². The normalized spacial score (nSPS) is 18.7. The number of nitrogens with zero attached hydrogens (tertiary/aromatic N) is 4. The topological polar surface area (TPSA) is 66.4 Å². The van der Waals surface area contributed by atoms with Crippen molar-refractivity contribution in [2.75, 3.05) is 32.1 Å². The molecule has 0 spiro atoms. The molecule has 0 bridgehead atoms. The van der Waals surface area contributed by atoms with Gasteiger partial charge in [-0.2, -0.15) is 4.31 Å². The van der Waals surface area contributed by atoms with Crippen LogP contribution in [-0.4, -0.2) is 49.9 Å². The van der Waals surface area contributed by atoms with Crippen molar-refractivity contribution in [3.05, 3.63) is 48.0 Å². The van der Waals surface area contributed by atoms with Gasteiger partial charge in [0.15, 0.2) is 0 Å². The van der Waals surface area contributed by atoms with Crippen molar-refractivity contribution in [1.29, 1.82) is 0 Å². The van der Waals surface area contributed by atoms with E-state index in [1.165, 1.54) is 10.5 Å². The largest absolute Gasteiger partial charge is 0.378 e. The van der Waals surface area contributed by atoms with Gasteiger partial charge in [0.25, 0.3) is 0 Å². The van der Waals surface area contributed by atoms with Crippen molar-refractivity contribution in [3.63, 3.8) is 0 Å². The molecule has 1 fully saturated rings. The van der Waals surface area contributed by atoms with Crippen molar-refractivity contribution in [1.82, 2.24) is 14.3 Å². The van der Waals surface area contributed by atoms with E-state index in [2.05, 4.69) is 16.0 Å². The number of sulfonamides is 1. The summed E-state index contributed by atoms with van der Waals surface area (Å²) in [4.78, 5) is 10.8. The van der Waals surface area contributed by atoms with Crippen LogP contribution in [0.15, 0.2) is 41.6 Å². The molecule has 7 heteroatoms. The minimum absolute atomic E-state index is 0.120. The third kappa shape index (κ3) is 3.27. The summed E-state index contributed by atoms with van der Waals surface area (Å²) in [6, 6.07) is 7.32. The molecule has 128 valence electrons. The molecule has 1 saturated heterocycles. The second-order valence-electron chi connectivity index (χ2n) is 6.32. The zero-order chi connectivity index (χ0) is 17.3. The molecular weight excluding hydrogens is 324 g/mol. The van der Waals surface area contributed by atoms with Crippen LogP contribution in [0.25, 0.3) is 0 Å². The summed E-state index contributed by atoms with van der Waals surface area (Å²) < 4.78 is 27.0. The molecule has 2 aromatic heterocycles. The van der Waals surface area contributed by atoms with Crippen LogP contribution in [-0.2, 0) is 10.0 Å². The second-order valence-corrected chi connectivity index (χ2v) is 8.26. The van der Waals surface area contributed by atoms with Gasteiger partial charge in [0.1, 0.15) is 4.90 Å². The average molecular weight is 346 g/mol. The van der Waals surface area contributed by atoms with E-state index in [1.54, 1.807) is 18.3 Å². The van der Waals surface area contributed by atoms with Crippen LogP contribution in [0.4, 0.5) is 5.69 Å². The summed E-state index contributed by atoms with van der Waals surface area (Å²) >= 11 is 0. The average Bonchev–Trinajstić information content (AvgIpc) is 3.06. The number of aromatic nitrogens is 2. The zero-order valence-electron chi connectivity index (χ0n) is 14.2. The SMILES string of the molecule is Cc1cc(N(C)C)cc([C@@H]2CCN(S(=O)(=O)c3cccnc3)C2)n1. The summed E-state index contributed by atoms with van der Waals surface area (Å²) in [5.41, 5.74) is 3.00. The molecule has 1 aliphatic heterocycles. The fraction of sp³-hybridized carbons (Fsp3) is 0.412. The molecule has 6 nitrogen and oxygen atoms in total. The molecule has 0 aromatic carbocycles. The molecule has 0 saturated carbocycles. The lowest BCUT2D eigenvalue weighted by atomic mass is 10.0. The van der Waals surface area contributed by atoms with Gasteiger partial charge in [-0.1, -0.05) is 0 Å². The standard InChI is InChI=1S/C17H22N4O2S/c1-13-9-15(20(2)3)10-17(19-13)14-6-8-21(12-14)24(22,23)16-5-4-7-18-11-16/h4-5,7,9-11,14H,6,8,12H2,1-3H3/t14-/m1/s1. The summed E-state index contributed by atoms with van der Waals surface area (Å²) in [7, 11) is 0.501. The lowest BCUT2D eigenvalue weighted by Crippen LogP contribution is -2.28. The van der Waals surface area contributed by atoms with Crippen molar-refractivity contribution in [2.45, 2.75) is 24.2 Å². The van der Waals surface area contributed by atoms with Crippen LogP contribution in [0, 0.1) is 6.92 Å². The lowest BCUT2D eigenvalue weighted by molar-refractivity contribution is 0.472. The van der Waals surface area contributed by atoms with Gasteiger partial charge in [-0.25, -0.2) is 8.42 Å². The minimum atomic E-state index is -3.48. The van der Waals surface area contributed by atoms with E-state index in [-0.39, 0.29) is 10.8 Å². The molecule has 3 heterocycles. The number of hydrogen-bond donors (Lipinski definition) is 0. The number of anilines is 1. The Hall–Kier alpha value is -1.99. The highest BCUT2D eigenvalue weighted by molar-refractivity contribution is 7.89. The maximum Gasteiger partial charge on any atom is 0.244 e. The van der Waals surface area contributed by atoms with Crippen LogP contribution in [0.2, 0.25) is 0 Å². The smallest absolute Gasteiger partial charge is 0.244 e. The quantitative estimate of drug-likeness (QED) is 0.847. The Balaban J connectivity index is 1.84. The fourth-order valence-electron chi connectivity index (χ4n) is 2.98. The molecule has 2 aromatic rings. The van der Waals surface area contributed by atoms with Crippen LogP contribution in [0.3, 0.4) is 0 Å². The first-order chi connectivity index (χ1) is 11.4. The highest BCUT2D eigenvalue weighted by Gasteiger charge is 2.34. The summed E-state index contributed by atoms with van der Waals surface area (Å²) in [6.45, 7) is 2.94. The molecule has 24 heavy (non-hydrogen) atoms. The van der Waals surface area contributed by atoms with Gasteiger partial charge >= 0.3 is 0 Å². The second kappa shape index (κ2) is 6.49. The van der Waals surface area contributed by atoms with Crippen molar-refractivity contribution < 1.29 is 8.42 Å². The van der Waals surface area contributed by atoms with Crippen molar-refractivity contribution >= 4 is 15.7 Å². The maximum absolute atomic E-state index is 12.7. The van der Waals surface area contributed by atoms with E-state index < -0.39 is 10.0 Å². The lowest BCUT2D eigenvalue weighted by Gasteiger charge is -2.18. The first kappa shape index (κ1) is 16.9. The number of hydrogen-bond acceptors (Lipinski definition) is 5. The summed E-state index contributed by atoms with van der Waals surface area (Å²) in [6.07, 6.45) is 3.76.